The van der Waals surface area contributed by atoms with Crippen LogP contribution >= 0.6 is 0 Å². The van der Waals surface area contributed by atoms with Crippen LogP contribution in [-0.4, -0.2) is 25.2 Å². The normalized spacial score (nSPS) is 10.0. The van der Waals surface area contributed by atoms with Gasteiger partial charge >= 0.3 is 5.97 Å². The van der Waals surface area contributed by atoms with E-state index in [1.54, 1.807) is 31.4 Å². The maximum absolute atomic E-state index is 11.4. The number of ether oxygens (including phenoxy) is 2. The number of hydrogen-bond acceptors (Lipinski definition) is 5. The van der Waals surface area contributed by atoms with Crippen LogP contribution in [0.5, 0.6) is 5.75 Å². The van der Waals surface area contributed by atoms with Gasteiger partial charge < -0.3 is 13.9 Å². The zero-order valence-electron chi connectivity index (χ0n) is 9.47. The number of carbonyl (C=O) groups excluding carboxylic acids is 1. The second-order valence-electron chi connectivity index (χ2n) is 3.25. The highest BCUT2D eigenvalue weighted by atomic mass is 16.5. The number of esters is 1. The monoisotopic (exact) mass is 233 g/mol. The smallest absolute Gasteiger partial charge is 0.360 e. The average Bonchev–Trinajstić information content (AvgIpc) is 2.87. The maximum atomic E-state index is 11.4. The second kappa shape index (κ2) is 4.69. The van der Waals surface area contributed by atoms with Crippen molar-refractivity contribution < 1.29 is 18.7 Å². The first kappa shape index (κ1) is 11.2. The van der Waals surface area contributed by atoms with E-state index in [1.165, 1.54) is 13.5 Å². The Bertz CT molecular complexity index is 533. The van der Waals surface area contributed by atoms with Crippen molar-refractivity contribution >= 4 is 5.97 Å². The van der Waals surface area contributed by atoms with E-state index in [0.717, 1.165) is 0 Å². The minimum atomic E-state index is -0.531. The predicted octanol–water partition coefficient (Wildman–Crippen LogP) is 2.14. The van der Waals surface area contributed by atoms with Gasteiger partial charge in [0.2, 0.25) is 0 Å². The van der Waals surface area contributed by atoms with Crippen molar-refractivity contribution in [1.82, 2.24) is 4.98 Å². The molecule has 1 heterocycles. The molecule has 1 aromatic heterocycles. The number of oxazole rings is 1. The molecule has 88 valence electrons. The van der Waals surface area contributed by atoms with E-state index in [0.29, 0.717) is 17.1 Å². The Morgan fingerprint density at radius 1 is 1.35 bits per heavy atom. The Morgan fingerprint density at radius 2 is 2.18 bits per heavy atom. The van der Waals surface area contributed by atoms with E-state index >= 15 is 0 Å². The molecule has 0 spiro atoms. The molecule has 0 aliphatic rings. The molecule has 0 aliphatic carbocycles. The number of methoxy groups -OCH3 is 2. The molecular formula is C12H11NO4. The van der Waals surface area contributed by atoms with Crippen molar-refractivity contribution in [1.29, 1.82) is 0 Å². The van der Waals surface area contributed by atoms with Gasteiger partial charge in [-0.25, -0.2) is 9.78 Å². The van der Waals surface area contributed by atoms with Crippen molar-refractivity contribution in [3.63, 3.8) is 0 Å². The van der Waals surface area contributed by atoms with E-state index in [2.05, 4.69) is 9.72 Å². The number of rotatable bonds is 3. The molecular weight excluding hydrogens is 222 g/mol. The van der Waals surface area contributed by atoms with Crippen LogP contribution in [-0.2, 0) is 4.74 Å². The summed E-state index contributed by atoms with van der Waals surface area (Å²) >= 11 is 0. The lowest BCUT2D eigenvalue weighted by atomic mass is 10.1. The van der Waals surface area contributed by atoms with Gasteiger partial charge in [0.15, 0.2) is 17.8 Å². The van der Waals surface area contributed by atoms with Crippen molar-refractivity contribution in [2.75, 3.05) is 14.2 Å². The van der Waals surface area contributed by atoms with E-state index in [9.17, 15) is 4.79 Å². The minimum Gasteiger partial charge on any atom is -0.497 e. The summed E-state index contributed by atoms with van der Waals surface area (Å²) in [6, 6.07) is 7.16. The van der Waals surface area contributed by atoms with Crippen LogP contribution < -0.4 is 4.74 Å². The van der Waals surface area contributed by atoms with Crippen molar-refractivity contribution in [3.05, 3.63) is 36.4 Å². The minimum absolute atomic E-state index is 0.153. The second-order valence-corrected chi connectivity index (χ2v) is 3.25. The molecule has 0 saturated heterocycles. The summed E-state index contributed by atoms with van der Waals surface area (Å²) in [5.41, 5.74) is 0.864. The van der Waals surface area contributed by atoms with Gasteiger partial charge in [0.25, 0.3) is 0 Å². The molecule has 0 unspecified atom stereocenters. The molecule has 5 nitrogen and oxygen atoms in total. The molecule has 2 aromatic rings. The molecule has 0 atom stereocenters. The number of benzene rings is 1. The molecule has 0 aliphatic heterocycles. The largest absolute Gasteiger partial charge is 0.497 e. The van der Waals surface area contributed by atoms with Crippen molar-refractivity contribution in [2.45, 2.75) is 0 Å². The van der Waals surface area contributed by atoms with Gasteiger partial charge in [0.05, 0.1) is 14.2 Å². The van der Waals surface area contributed by atoms with Gasteiger partial charge in [-0.05, 0) is 12.1 Å². The van der Waals surface area contributed by atoms with Crippen LogP contribution in [0.1, 0.15) is 10.5 Å². The maximum Gasteiger partial charge on any atom is 0.360 e. The lowest BCUT2D eigenvalue weighted by Gasteiger charge is -2.02. The van der Waals surface area contributed by atoms with Gasteiger partial charge in [-0.2, -0.15) is 0 Å². The zero-order chi connectivity index (χ0) is 12.3. The summed E-state index contributed by atoms with van der Waals surface area (Å²) in [6.45, 7) is 0. The van der Waals surface area contributed by atoms with Crippen LogP contribution in [0.3, 0.4) is 0 Å². The number of aromatic nitrogens is 1. The van der Waals surface area contributed by atoms with Crippen molar-refractivity contribution in [2.24, 2.45) is 0 Å². The third-order valence-corrected chi connectivity index (χ3v) is 2.28. The Hall–Kier alpha value is -2.30. The van der Waals surface area contributed by atoms with Crippen molar-refractivity contribution in [3.8, 4) is 17.1 Å². The van der Waals surface area contributed by atoms with Crippen LogP contribution in [0.25, 0.3) is 11.3 Å². The molecule has 0 amide bonds. The third-order valence-electron chi connectivity index (χ3n) is 2.28. The summed E-state index contributed by atoms with van der Waals surface area (Å²) in [5, 5.41) is 0. The highest BCUT2D eigenvalue weighted by molar-refractivity contribution is 5.93. The average molecular weight is 233 g/mol. The summed E-state index contributed by atoms with van der Waals surface area (Å²) < 4.78 is 14.9. The van der Waals surface area contributed by atoms with E-state index in [4.69, 9.17) is 9.15 Å². The van der Waals surface area contributed by atoms with Crippen LogP contribution in [0, 0.1) is 0 Å². The third kappa shape index (κ3) is 2.13. The fourth-order valence-corrected chi connectivity index (χ4v) is 1.46. The summed E-state index contributed by atoms with van der Waals surface area (Å²) in [6.07, 6.45) is 1.21. The molecule has 0 fully saturated rings. The predicted molar refractivity (Wildman–Crippen MR) is 59.8 cm³/mol. The SMILES string of the molecule is COC(=O)c1ncoc1-c1cccc(OC)c1. The molecule has 17 heavy (non-hydrogen) atoms. The van der Waals surface area contributed by atoms with Crippen LogP contribution in [0.15, 0.2) is 35.1 Å². The molecule has 0 N–H and O–H groups in total. The zero-order valence-corrected chi connectivity index (χ0v) is 9.47. The quantitative estimate of drug-likeness (QED) is 0.760. The summed E-state index contributed by atoms with van der Waals surface area (Å²) in [7, 11) is 2.87. The van der Waals surface area contributed by atoms with Gasteiger partial charge in [-0.1, -0.05) is 12.1 Å². The van der Waals surface area contributed by atoms with Crippen LogP contribution in [0.2, 0.25) is 0 Å². The van der Waals surface area contributed by atoms with E-state index in [-0.39, 0.29) is 5.69 Å². The summed E-state index contributed by atoms with van der Waals surface area (Å²) in [4.78, 5) is 15.3. The van der Waals surface area contributed by atoms with Gasteiger partial charge in [0.1, 0.15) is 5.75 Å². The molecule has 0 saturated carbocycles. The molecule has 0 bridgehead atoms. The number of carbonyl (C=O) groups is 1. The number of nitrogens with zero attached hydrogens (tertiary/aromatic N) is 1. The molecule has 1 aromatic carbocycles. The molecule has 2 rings (SSSR count). The Labute approximate surface area is 98.0 Å². The standard InChI is InChI=1S/C12H11NO4/c1-15-9-5-3-4-8(6-9)11-10(12(14)16-2)13-7-17-11/h3-7H,1-2H3. The van der Waals surface area contributed by atoms with E-state index < -0.39 is 5.97 Å². The van der Waals surface area contributed by atoms with Gasteiger partial charge in [-0.15, -0.1) is 0 Å². The first-order chi connectivity index (χ1) is 8.26. The molecule has 0 radical (unpaired) electrons. The van der Waals surface area contributed by atoms with E-state index in [1.807, 2.05) is 0 Å². The number of hydrogen-bond donors (Lipinski definition) is 0. The molecule has 5 heteroatoms. The Balaban J connectivity index is 2.45. The first-order valence-electron chi connectivity index (χ1n) is 4.92. The summed E-state index contributed by atoms with van der Waals surface area (Å²) in [5.74, 6) is 0.516. The highest BCUT2D eigenvalue weighted by Gasteiger charge is 2.18. The lowest BCUT2D eigenvalue weighted by molar-refractivity contribution is 0.0595. The fraction of sp³-hybridized carbons (Fsp3) is 0.167. The Morgan fingerprint density at radius 3 is 2.88 bits per heavy atom. The van der Waals surface area contributed by atoms with Gasteiger partial charge in [-0.3, -0.25) is 0 Å². The highest BCUT2D eigenvalue weighted by Crippen LogP contribution is 2.26. The lowest BCUT2D eigenvalue weighted by Crippen LogP contribution is -2.03. The Kier molecular flexibility index (Phi) is 3.09. The topological polar surface area (TPSA) is 61.6 Å². The fourth-order valence-electron chi connectivity index (χ4n) is 1.46. The van der Waals surface area contributed by atoms with Crippen LogP contribution in [0.4, 0.5) is 0 Å². The van der Waals surface area contributed by atoms with Gasteiger partial charge in [0, 0.05) is 5.56 Å². The first-order valence-corrected chi connectivity index (χ1v) is 4.92.